The quantitative estimate of drug-likeness (QED) is 0.220. The van der Waals surface area contributed by atoms with Gasteiger partial charge in [0.1, 0.15) is 16.1 Å². The first-order valence-corrected chi connectivity index (χ1v) is 15.3. The van der Waals surface area contributed by atoms with E-state index in [2.05, 4.69) is 51.2 Å². The number of phenols is 1. The zero-order valence-electron chi connectivity index (χ0n) is 24.2. The van der Waals surface area contributed by atoms with Gasteiger partial charge in [-0.25, -0.2) is 14.8 Å². The van der Waals surface area contributed by atoms with Crippen molar-refractivity contribution in [3.8, 4) is 11.6 Å². The van der Waals surface area contributed by atoms with Gasteiger partial charge in [0.05, 0.1) is 24.2 Å². The molecule has 2 amide bonds. The van der Waals surface area contributed by atoms with Crippen molar-refractivity contribution in [2.45, 2.75) is 39.0 Å². The third kappa shape index (κ3) is 5.46. The van der Waals surface area contributed by atoms with Gasteiger partial charge in [-0.2, -0.15) is 0 Å². The topological polar surface area (TPSA) is 103 Å². The Morgan fingerprint density at radius 3 is 2.60 bits per heavy atom. The fourth-order valence-corrected chi connectivity index (χ4v) is 7.43. The number of thiazole rings is 1. The number of nitrogens with one attached hydrogen (secondary N) is 2. The summed E-state index contributed by atoms with van der Waals surface area (Å²) >= 11 is 8.15. The number of nitrogens with zero attached hydrogens (tertiary/aromatic N) is 4. The summed E-state index contributed by atoms with van der Waals surface area (Å²) in [6, 6.07) is 14.2. The summed E-state index contributed by atoms with van der Waals surface area (Å²) in [5.41, 5.74) is 3.81. The van der Waals surface area contributed by atoms with Crippen molar-refractivity contribution in [2.24, 2.45) is 5.41 Å². The number of pyridine rings is 1. The highest BCUT2D eigenvalue weighted by Gasteiger charge is 2.48. The van der Waals surface area contributed by atoms with Crippen LogP contribution in [0.5, 0.6) is 11.6 Å². The van der Waals surface area contributed by atoms with Crippen LogP contribution in [0.4, 0.5) is 27.0 Å². The number of para-hydroxylation sites is 2. The highest BCUT2D eigenvalue weighted by Crippen LogP contribution is 2.56. The molecule has 6 rings (SSSR count). The molecule has 0 bridgehead atoms. The maximum Gasteiger partial charge on any atom is 0.325 e. The molecular formula is C31H35ClN6O3S. The first kappa shape index (κ1) is 28.5. The van der Waals surface area contributed by atoms with Gasteiger partial charge in [0.25, 0.3) is 0 Å². The number of aromatic hydroxyl groups is 1. The number of likely N-dealkylation sites (tertiary alicyclic amines) is 1. The number of hydrogen-bond acceptors (Lipinski definition) is 8. The second-order valence-electron chi connectivity index (χ2n) is 12.3. The van der Waals surface area contributed by atoms with Gasteiger partial charge in [-0.05, 0) is 61.7 Å². The maximum atomic E-state index is 13.2. The number of carbonyl (C=O) groups excluding carboxylic acids is 1. The van der Waals surface area contributed by atoms with Gasteiger partial charge in [-0.15, -0.1) is 0 Å². The number of fused-ring (bicyclic) bond motifs is 3. The Labute approximate surface area is 254 Å². The average molecular weight is 607 g/mol. The number of anilines is 4. The smallest absolute Gasteiger partial charge is 0.325 e. The van der Waals surface area contributed by atoms with E-state index < -0.39 is 6.03 Å². The molecule has 2 aromatic carbocycles. The minimum absolute atomic E-state index is 0.181. The Bertz CT molecular complexity index is 1640. The number of carbonyl (C=O) groups is 1. The number of halogens is 1. The van der Waals surface area contributed by atoms with E-state index in [0.717, 1.165) is 43.7 Å². The van der Waals surface area contributed by atoms with Crippen molar-refractivity contribution in [3.05, 3.63) is 59.1 Å². The Hall–Kier alpha value is -3.60. The SMILES string of the molecule is COc1ccc2nc(NC(=O)Nc3ccccc3N3CC4(CCN(CC(C)(C)C)CC4)c4c(Cl)ccc(O)c43)sc2n1. The highest BCUT2D eigenvalue weighted by atomic mass is 35.5. The van der Waals surface area contributed by atoms with E-state index >= 15 is 0 Å². The molecule has 0 atom stereocenters. The number of rotatable bonds is 5. The number of hydrogen-bond donors (Lipinski definition) is 3. The van der Waals surface area contributed by atoms with Crippen molar-refractivity contribution >= 4 is 61.5 Å². The Balaban J connectivity index is 1.27. The van der Waals surface area contributed by atoms with E-state index in [1.807, 2.05) is 30.3 Å². The van der Waals surface area contributed by atoms with Gasteiger partial charge < -0.3 is 25.0 Å². The molecule has 9 nitrogen and oxygen atoms in total. The molecule has 1 spiro atoms. The van der Waals surface area contributed by atoms with E-state index in [0.29, 0.717) is 44.3 Å². The summed E-state index contributed by atoms with van der Waals surface area (Å²) in [5, 5.41) is 18.1. The van der Waals surface area contributed by atoms with Crippen LogP contribution in [0.15, 0.2) is 48.5 Å². The molecule has 42 heavy (non-hydrogen) atoms. The zero-order chi connectivity index (χ0) is 29.6. The molecule has 2 aliphatic rings. The van der Waals surface area contributed by atoms with Crippen molar-refractivity contribution in [1.82, 2.24) is 14.9 Å². The molecule has 0 unspecified atom stereocenters. The van der Waals surface area contributed by atoms with E-state index in [1.165, 1.54) is 11.3 Å². The van der Waals surface area contributed by atoms with Crippen LogP contribution in [0, 0.1) is 5.41 Å². The van der Waals surface area contributed by atoms with Crippen LogP contribution in [0.25, 0.3) is 10.3 Å². The number of phenolic OH excluding ortho intramolecular Hbond substituents is 1. The molecule has 2 aliphatic heterocycles. The van der Waals surface area contributed by atoms with Crippen molar-refractivity contribution in [2.75, 3.05) is 48.8 Å². The summed E-state index contributed by atoms with van der Waals surface area (Å²) in [6.07, 6.45) is 1.87. The number of methoxy groups -OCH3 is 1. The largest absolute Gasteiger partial charge is 0.506 e. The molecule has 2 aromatic heterocycles. The van der Waals surface area contributed by atoms with Crippen LogP contribution in [-0.4, -0.2) is 59.3 Å². The summed E-state index contributed by atoms with van der Waals surface area (Å²) < 4.78 is 5.20. The van der Waals surface area contributed by atoms with Gasteiger partial charge in [0.15, 0.2) is 5.13 Å². The second-order valence-corrected chi connectivity index (χ2v) is 13.7. The lowest BCUT2D eigenvalue weighted by Crippen LogP contribution is -2.47. The van der Waals surface area contributed by atoms with Crippen molar-refractivity contribution in [1.29, 1.82) is 0 Å². The normalized spacial score (nSPS) is 16.5. The van der Waals surface area contributed by atoms with Gasteiger partial charge in [-0.3, -0.25) is 5.32 Å². The van der Waals surface area contributed by atoms with Gasteiger partial charge >= 0.3 is 6.03 Å². The third-order valence-electron chi connectivity index (χ3n) is 7.98. The van der Waals surface area contributed by atoms with Crippen LogP contribution in [0.2, 0.25) is 5.02 Å². The third-order valence-corrected chi connectivity index (χ3v) is 9.18. The number of amides is 2. The molecule has 4 heterocycles. The molecule has 0 radical (unpaired) electrons. The van der Waals surface area contributed by atoms with E-state index in [9.17, 15) is 9.90 Å². The predicted octanol–water partition coefficient (Wildman–Crippen LogP) is 7.23. The minimum atomic E-state index is -0.423. The van der Waals surface area contributed by atoms with Crippen LogP contribution < -0.4 is 20.3 Å². The lowest BCUT2D eigenvalue weighted by molar-refractivity contribution is 0.125. The van der Waals surface area contributed by atoms with E-state index in [-0.39, 0.29) is 16.6 Å². The molecule has 0 aliphatic carbocycles. The minimum Gasteiger partial charge on any atom is -0.506 e. The highest BCUT2D eigenvalue weighted by molar-refractivity contribution is 7.22. The zero-order valence-corrected chi connectivity index (χ0v) is 25.8. The van der Waals surface area contributed by atoms with Crippen LogP contribution in [0.3, 0.4) is 0 Å². The van der Waals surface area contributed by atoms with Crippen LogP contribution in [-0.2, 0) is 5.41 Å². The molecule has 220 valence electrons. The lowest BCUT2D eigenvalue weighted by atomic mass is 9.74. The summed E-state index contributed by atoms with van der Waals surface area (Å²) in [6.45, 7) is 10.4. The van der Waals surface area contributed by atoms with Crippen molar-refractivity contribution in [3.63, 3.8) is 0 Å². The first-order chi connectivity index (χ1) is 20.0. The summed E-state index contributed by atoms with van der Waals surface area (Å²) in [4.78, 5) is 27.3. The maximum absolute atomic E-state index is 13.2. The molecule has 1 saturated heterocycles. The molecule has 4 aromatic rings. The standard InChI is InChI=1S/C31H35ClN6O3S/c1-30(2,3)17-37-15-13-31(14-16-37)18-38(26-23(39)11-9-19(32)25(26)31)22-8-6-5-7-20(22)33-28(40)36-29-34-21-10-12-24(41-4)35-27(21)42-29/h5-12,39H,13-18H2,1-4H3,(H2,33,34,36,40). The van der Waals surface area contributed by atoms with Gasteiger partial charge in [0, 0.05) is 35.2 Å². The number of aromatic nitrogens is 2. The summed E-state index contributed by atoms with van der Waals surface area (Å²) in [7, 11) is 1.56. The summed E-state index contributed by atoms with van der Waals surface area (Å²) in [5.74, 6) is 0.669. The molecule has 3 N–H and O–H groups in total. The fourth-order valence-electron chi connectivity index (χ4n) is 6.25. The van der Waals surface area contributed by atoms with Crippen LogP contribution >= 0.6 is 22.9 Å². The van der Waals surface area contributed by atoms with Crippen molar-refractivity contribution < 1.29 is 14.6 Å². The molecule has 0 saturated carbocycles. The average Bonchev–Trinajstić information content (AvgIpc) is 3.50. The number of benzene rings is 2. The van der Waals surface area contributed by atoms with Crippen LogP contribution in [0.1, 0.15) is 39.2 Å². The number of ether oxygens (including phenoxy) is 1. The van der Waals surface area contributed by atoms with E-state index in [1.54, 1.807) is 25.3 Å². The van der Waals surface area contributed by atoms with E-state index in [4.69, 9.17) is 16.3 Å². The molecular weight excluding hydrogens is 572 g/mol. The molecule has 1 fully saturated rings. The second kappa shape index (κ2) is 10.9. The molecule has 11 heteroatoms. The monoisotopic (exact) mass is 606 g/mol. The Morgan fingerprint density at radius 2 is 1.86 bits per heavy atom. The first-order valence-electron chi connectivity index (χ1n) is 14.1. The predicted molar refractivity (Wildman–Crippen MR) is 170 cm³/mol. The van der Waals surface area contributed by atoms with Gasteiger partial charge in [0.2, 0.25) is 5.88 Å². The number of piperidine rings is 1. The Morgan fingerprint density at radius 1 is 1.10 bits per heavy atom. The Kier molecular flexibility index (Phi) is 7.41. The fraction of sp³-hybridized carbons (Fsp3) is 0.387. The van der Waals surface area contributed by atoms with Gasteiger partial charge in [-0.1, -0.05) is 55.8 Å². The lowest BCUT2D eigenvalue weighted by Gasteiger charge is -2.42. The number of urea groups is 1.